The van der Waals surface area contributed by atoms with E-state index in [4.69, 9.17) is 5.11 Å². The van der Waals surface area contributed by atoms with Gasteiger partial charge >= 0.3 is 5.97 Å². The van der Waals surface area contributed by atoms with E-state index in [9.17, 15) is 4.79 Å². The normalized spacial score (nSPS) is 10.5. The number of halogens is 1. The zero-order valence-electron chi connectivity index (χ0n) is 10.8. The Morgan fingerprint density at radius 2 is 1.71 bits per heavy atom. The van der Waals surface area contributed by atoms with E-state index in [2.05, 4.69) is 26.0 Å². The van der Waals surface area contributed by atoms with Crippen LogP contribution in [0.2, 0.25) is 0 Å². The van der Waals surface area contributed by atoms with Crippen molar-refractivity contribution in [1.29, 1.82) is 0 Å². The molecule has 0 aliphatic rings. The Bertz CT molecular complexity index is 800. The van der Waals surface area contributed by atoms with Crippen molar-refractivity contribution in [2.75, 3.05) is 0 Å². The number of carboxylic acid groups (broad SMARTS) is 1. The number of carbonyl (C=O) groups is 1. The number of nitrogens with zero attached hydrogens (tertiary/aromatic N) is 3. The van der Waals surface area contributed by atoms with Gasteiger partial charge < -0.3 is 5.11 Å². The maximum Gasteiger partial charge on any atom is 0.375 e. The highest BCUT2D eigenvalue weighted by Gasteiger charge is 2.18. The Balaban J connectivity index is 2.24. The second kappa shape index (κ2) is 5.49. The molecule has 0 aliphatic carbocycles. The van der Waals surface area contributed by atoms with E-state index in [1.807, 2.05) is 54.6 Å². The fraction of sp³-hybridized carbons (Fsp3) is 0. The lowest BCUT2D eigenvalue weighted by molar-refractivity contribution is 0.0683. The van der Waals surface area contributed by atoms with E-state index < -0.39 is 5.97 Å². The number of rotatable bonds is 3. The Labute approximate surface area is 129 Å². The summed E-state index contributed by atoms with van der Waals surface area (Å²) in [5.41, 5.74) is 1.53. The summed E-state index contributed by atoms with van der Waals surface area (Å²) < 4.78 is 2.34. The zero-order chi connectivity index (χ0) is 14.8. The first-order valence-corrected chi connectivity index (χ1v) is 6.97. The molecule has 21 heavy (non-hydrogen) atoms. The predicted octanol–water partition coefficient (Wildman–Crippen LogP) is 3.40. The topological polar surface area (TPSA) is 68.0 Å². The third-order valence-corrected chi connectivity index (χ3v) is 3.58. The van der Waals surface area contributed by atoms with Gasteiger partial charge in [-0.15, -0.1) is 5.10 Å². The van der Waals surface area contributed by atoms with Gasteiger partial charge in [-0.3, -0.25) is 0 Å². The summed E-state index contributed by atoms with van der Waals surface area (Å²) in [5, 5.41) is 13.2. The lowest BCUT2D eigenvalue weighted by Gasteiger charge is -2.07. The van der Waals surface area contributed by atoms with Gasteiger partial charge in [0.1, 0.15) is 0 Å². The van der Waals surface area contributed by atoms with Gasteiger partial charge in [0, 0.05) is 10.0 Å². The van der Waals surface area contributed by atoms with E-state index in [-0.39, 0.29) is 5.82 Å². The summed E-state index contributed by atoms with van der Waals surface area (Å²) >= 11 is 3.45. The lowest BCUT2D eigenvalue weighted by Crippen LogP contribution is -2.03. The summed E-state index contributed by atoms with van der Waals surface area (Å²) in [6.07, 6.45) is 0. The highest BCUT2D eigenvalue weighted by Crippen LogP contribution is 2.25. The van der Waals surface area contributed by atoms with E-state index in [0.29, 0.717) is 5.82 Å². The van der Waals surface area contributed by atoms with Crippen molar-refractivity contribution in [3.05, 3.63) is 64.9 Å². The Kier molecular flexibility index (Phi) is 3.53. The average Bonchev–Trinajstić information content (AvgIpc) is 2.94. The van der Waals surface area contributed by atoms with E-state index >= 15 is 0 Å². The first-order chi connectivity index (χ1) is 10.2. The number of carboxylic acids is 1. The minimum Gasteiger partial charge on any atom is -0.475 e. The van der Waals surface area contributed by atoms with E-state index in [1.54, 1.807) is 0 Å². The van der Waals surface area contributed by atoms with Crippen LogP contribution in [0, 0.1) is 0 Å². The molecule has 0 atom stereocenters. The van der Waals surface area contributed by atoms with Gasteiger partial charge in [0.05, 0.1) is 5.69 Å². The molecule has 104 valence electrons. The SMILES string of the molecule is O=C(O)c1nc(-c2ccccc2)n(-c2ccccc2Br)n1. The molecule has 0 saturated carbocycles. The first kappa shape index (κ1) is 13.5. The average molecular weight is 344 g/mol. The van der Waals surface area contributed by atoms with E-state index in [1.165, 1.54) is 4.68 Å². The molecule has 0 radical (unpaired) electrons. The molecule has 1 N–H and O–H groups in total. The quantitative estimate of drug-likeness (QED) is 0.791. The van der Waals surface area contributed by atoms with Gasteiger partial charge in [0.25, 0.3) is 5.82 Å². The summed E-state index contributed by atoms with van der Waals surface area (Å²) in [7, 11) is 0. The highest BCUT2D eigenvalue weighted by atomic mass is 79.9. The highest BCUT2D eigenvalue weighted by molar-refractivity contribution is 9.10. The molecule has 3 aromatic rings. The molecule has 0 fully saturated rings. The van der Waals surface area contributed by atoms with Crippen molar-refractivity contribution in [1.82, 2.24) is 14.8 Å². The van der Waals surface area contributed by atoms with Crippen molar-refractivity contribution < 1.29 is 9.90 Å². The van der Waals surface area contributed by atoms with Crippen LogP contribution >= 0.6 is 15.9 Å². The Hall–Kier alpha value is -2.47. The predicted molar refractivity (Wildman–Crippen MR) is 81.5 cm³/mol. The molecule has 0 saturated heterocycles. The number of benzene rings is 2. The molecule has 6 heteroatoms. The molecule has 3 rings (SSSR count). The van der Waals surface area contributed by atoms with Crippen LogP contribution < -0.4 is 0 Å². The molecule has 0 aliphatic heterocycles. The number of para-hydroxylation sites is 1. The molecule has 2 aromatic carbocycles. The lowest BCUT2D eigenvalue weighted by atomic mass is 10.2. The number of aromatic nitrogens is 3. The molecular formula is C15H10BrN3O2. The van der Waals surface area contributed by atoms with Gasteiger partial charge in [0.15, 0.2) is 5.82 Å². The van der Waals surface area contributed by atoms with Gasteiger partial charge in [-0.1, -0.05) is 42.5 Å². The van der Waals surface area contributed by atoms with Crippen LogP contribution in [-0.2, 0) is 0 Å². The summed E-state index contributed by atoms with van der Waals surface area (Å²) in [4.78, 5) is 15.3. The van der Waals surface area contributed by atoms with Crippen LogP contribution in [0.1, 0.15) is 10.6 Å². The molecule has 0 amide bonds. The minimum atomic E-state index is -1.15. The third-order valence-electron chi connectivity index (χ3n) is 2.91. The fourth-order valence-corrected chi connectivity index (χ4v) is 2.42. The monoisotopic (exact) mass is 343 g/mol. The summed E-state index contributed by atoms with van der Waals surface area (Å²) in [6, 6.07) is 16.8. The second-order valence-corrected chi connectivity index (χ2v) is 5.15. The van der Waals surface area contributed by atoms with Crippen molar-refractivity contribution in [3.8, 4) is 17.1 Å². The number of hydrogen-bond acceptors (Lipinski definition) is 3. The first-order valence-electron chi connectivity index (χ1n) is 6.17. The largest absolute Gasteiger partial charge is 0.475 e. The Morgan fingerprint density at radius 3 is 2.38 bits per heavy atom. The van der Waals surface area contributed by atoms with Crippen molar-refractivity contribution in [2.45, 2.75) is 0 Å². The second-order valence-electron chi connectivity index (χ2n) is 4.29. The van der Waals surface area contributed by atoms with Gasteiger partial charge in [0.2, 0.25) is 0 Å². The van der Waals surface area contributed by atoms with Crippen LogP contribution in [0.4, 0.5) is 0 Å². The summed E-state index contributed by atoms with van der Waals surface area (Å²) in [6.45, 7) is 0. The standard InChI is InChI=1S/C15H10BrN3O2/c16-11-8-4-5-9-12(11)19-14(10-6-2-1-3-7-10)17-13(18-19)15(20)21/h1-9H,(H,20,21). The van der Waals surface area contributed by atoms with Gasteiger partial charge in [-0.2, -0.15) is 0 Å². The number of hydrogen-bond donors (Lipinski definition) is 1. The van der Waals surface area contributed by atoms with Crippen LogP contribution in [0.3, 0.4) is 0 Å². The van der Waals surface area contributed by atoms with Gasteiger partial charge in [-0.25, -0.2) is 14.5 Å². The number of aromatic carboxylic acids is 1. The van der Waals surface area contributed by atoms with Crippen LogP contribution in [0.15, 0.2) is 59.1 Å². The van der Waals surface area contributed by atoms with Crippen molar-refractivity contribution >= 4 is 21.9 Å². The summed E-state index contributed by atoms with van der Waals surface area (Å²) in [5.74, 6) is -0.900. The van der Waals surface area contributed by atoms with Gasteiger partial charge in [-0.05, 0) is 28.1 Å². The zero-order valence-corrected chi connectivity index (χ0v) is 12.4. The molecular weight excluding hydrogens is 334 g/mol. The minimum absolute atomic E-state index is 0.232. The molecule has 1 heterocycles. The van der Waals surface area contributed by atoms with E-state index in [0.717, 1.165) is 15.7 Å². The molecule has 0 unspecified atom stereocenters. The molecule has 0 spiro atoms. The van der Waals surface area contributed by atoms with Crippen molar-refractivity contribution in [2.24, 2.45) is 0 Å². The van der Waals surface area contributed by atoms with Crippen LogP contribution in [-0.4, -0.2) is 25.8 Å². The maximum absolute atomic E-state index is 11.2. The smallest absolute Gasteiger partial charge is 0.375 e. The maximum atomic E-state index is 11.2. The third kappa shape index (κ3) is 2.57. The van der Waals surface area contributed by atoms with Crippen molar-refractivity contribution in [3.63, 3.8) is 0 Å². The van der Waals surface area contributed by atoms with Crippen LogP contribution in [0.25, 0.3) is 17.1 Å². The fourth-order valence-electron chi connectivity index (χ4n) is 1.97. The van der Waals surface area contributed by atoms with Crippen LogP contribution in [0.5, 0.6) is 0 Å². The molecule has 1 aromatic heterocycles. The Morgan fingerprint density at radius 1 is 1.05 bits per heavy atom. The molecule has 0 bridgehead atoms. The molecule has 5 nitrogen and oxygen atoms in total.